The van der Waals surface area contributed by atoms with Crippen molar-refractivity contribution >= 4 is 0 Å². The minimum absolute atomic E-state index is 0.108. The van der Waals surface area contributed by atoms with Crippen molar-refractivity contribution in [3.63, 3.8) is 0 Å². The highest BCUT2D eigenvalue weighted by Crippen LogP contribution is 2.28. The number of rotatable bonds is 6. The van der Waals surface area contributed by atoms with E-state index in [4.69, 9.17) is 4.74 Å². The Labute approximate surface area is 111 Å². The van der Waals surface area contributed by atoms with Gasteiger partial charge in [0.1, 0.15) is 11.4 Å². The molecule has 1 atom stereocenters. The van der Waals surface area contributed by atoms with Gasteiger partial charge < -0.3 is 10.1 Å². The van der Waals surface area contributed by atoms with E-state index in [-0.39, 0.29) is 5.60 Å². The molecule has 1 aromatic rings. The number of aryl methyl sites for hydroxylation is 2. The van der Waals surface area contributed by atoms with Crippen LogP contribution in [0.1, 0.15) is 44.7 Å². The molecule has 1 unspecified atom stereocenters. The topological polar surface area (TPSA) is 21.3 Å². The van der Waals surface area contributed by atoms with Crippen molar-refractivity contribution in [3.8, 4) is 5.75 Å². The average Bonchev–Trinajstić information content (AvgIpc) is 2.84. The normalized spacial score (nSPS) is 17.3. The van der Waals surface area contributed by atoms with Gasteiger partial charge in [-0.05, 0) is 62.4 Å². The number of fused-ring (bicyclic) bond motifs is 1. The van der Waals surface area contributed by atoms with Gasteiger partial charge >= 0.3 is 0 Å². The predicted molar refractivity (Wildman–Crippen MR) is 76.3 cm³/mol. The summed E-state index contributed by atoms with van der Waals surface area (Å²) >= 11 is 0. The largest absolute Gasteiger partial charge is 0.486 e. The van der Waals surface area contributed by atoms with Crippen LogP contribution in [0.5, 0.6) is 5.75 Å². The van der Waals surface area contributed by atoms with Gasteiger partial charge in [-0.25, -0.2) is 0 Å². The first-order valence-electron chi connectivity index (χ1n) is 7.18. The average molecular weight is 247 g/mol. The predicted octanol–water partition coefficient (Wildman–Crippen LogP) is 3.33. The molecule has 0 bridgehead atoms. The van der Waals surface area contributed by atoms with Gasteiger partial charge in [0.2, 0.25) is 0 Å². The van der Waals surface area contributed by atoms with Gasteiger partial charge in [-0.3, -0.25) is 0 Å². The molecule has 0 aliphatic heterocycles. The van der Waals surface area contributed by atoms with Gasteiger partial charge in [-0.15, -0.1) is 0 Å². The summed E-state index contributed by atoms with van der Waals surface area (Å²) in [4.78, 5) is 0. The maximum atomic E-state index is 6.22. The number of benzene rings is 1. The van der Waals surface area contributed by atoms with Crippen molar-refractivity contribution < 1.29 is 4.74 Å². The van der Waals surface area contributed by atoms with Gasteiger partial charge in [-0.1, -0.05) is 19.9 Å². The Kier molecular flexibility index (Phi) is 4.28. The Bertz CT molecular complexity index is 402. The van der Waals surface area contributed by atoms with Crippen LogP contribution >= 0.6 is 0 Å². The molecule has 0 saturated carbocycles. The first-order valence-corrected chi connectivity index (χ1v) is 7.18. The minimum atomic E-state index is -0.108. The molecule has 0 fully saturated rings. The zero-order valence-electron chi connectivity index (χ0n) is 11.9. The number of ether oxygens (including phenoxy) is 1. The molecular formula is C16H25NO. The summed E-state index contributed by atoms with van der Waals surface area (Å²) in [6.07, 6.45) is 4.75. The van der Waals surface area contributed by atoms with Crippen LogP contribution in [-0.4, -0.2) is 18.7 Å². The summed E-state index contributed by atoms with van der Waals surface area (Å²) in [7, 11) is 0. The molecule has 0 amide bonds. The third-order valence-corrected chi connectivity index (χ3v) is 3.93. The standard InChI is InChI=1S/C16H25NO/c1-4-16(3,12-17-5-2)18-15-10-9-13-7-6-8-14(13)11-15/h9-11,17H,4-8,12H2,1-3H3. The van der Waals surface area contributed by atoms with Crippen LogP contribution < -0.4 is 10.1 Å². The molecule has 1 aromatic carbocycles. The second kappa shape index (κ2) is 5.75. The first-order chi connectivity index (χ1) is 8.67. The van der Waals surface area contributed by atoms with Gasteiger partial charge in [0.25, 0.3) is 0 Å². The molecule has 0 saturated heterocycles. The van der Waals surface area contributed by atoms with E-state index >= 15 is 0 Å². The Balaban J connectivity index is 2.07. The number of hydrogen-bond donors (Lipinski definition) is 1. The third-order valence-electron chi connectivity index (χ3n) is 3.93. The van der Waals surface area contributed by atoms with Crippen LogP contribution in [0.2, 0.25) is 0 Å². The lowest BCUT2D eigenvalue weighted by atomic mass is 10.0. The maximum Gasteiger partial charge on any atom is 0.120 e. The van der Waals surface area contributed by atoms with Crippen LogP contribution in [0.15, 0.2) is 18.2 Å². The first kappa shape index (κ1) is 13.4. The monoisotopic (exact) mass is 247 g/mol. The van der Waals surface area contributed by atoms with Crippen molar-refractivity contribution in [2.45, 2.75) is 52.1 Å². The summed E-state index contributed by atoms with van der Waals surface area (Å²) in [5.41, 5.74) is 2.88. The molecule has 2 nitrogen and oxygen atoms in total. The summed E-state index contributed by atoms with van der Waals surface area (Å²) in [6.45, 7) is 8.39. The van der Waals surface area contributed by atoms with Crippen LogP contribution in [0.25, 0.3) is 0 Å². The highest BCUT2D eigenvalue weighted by atomic mass is 16.5. The van der Waals surface area contributed by atoms with Crippen molar-refractivity contribution in [2.24, 2.45) is 0 Å². The van der Waals surface area contributed by atoms with Crippen LogP contribution in [0.3, 0.4) is 0 Å². The van der Waals surface area contributed by atoms with Gasteiger partial charge in [-0.2, -0.15) is 0 Å². The van der Waals surface area contributed by atoms with E-state index in [1.54, 1.807) is 0 Å². The van der Waals surface area contributed by atoms with E-state index < -0.39 is 0 Å². The summed E-state index contributed by atoms with van der Waals surface area (Å²) in [6, 6.07) is 6.60. The third kappa shape index (κ3) is 3.05. The highest BCUT2D eigenvalue weighted by molar-refractivity contribution is 5.38. The van der Waals surface area contributed by atoms with E-state index in [0.717, 1.165) is 25.3 Å². The zero-order chi connectivity index (χ0) is 13.0. The molecule has 1 aliphatic rings. The van der Waals surface area contributed by atoms with Crippen LogP contribution in [0.4, 0.5) is 0 Å². The maximum absolute atomic E-state index is 6.22. The number of hydrogen-bond acceptors (Lipinski definition) is 2. The van der Waals surface area contributed by atoms with Crippen molar-refractivity contribution in [1.82, 2.24) is 5.32 Å². The molecule has 0 heterocycles. The number of likely N-dealkylation sites (N-methyl/N-ethyl adjacent to an activating group) is 1. The molecule has 0 radical (unpaired) electrons. The molecule has 100 valence electrons. The second-order valence-electron chi connectivity index (χ2n) is 5.47. The van der Waals surface area contributed by atoms with Gasteiger partial charge in [0.15, 0.2) is 0 Å². The van der Waals surface area contributed by atoms with E-state index in [2.05, 4.69) is 44.3 Å². The van der Waals surface area contributed by atoms with E-state index in [9.17, 15) is 0 Å². The smallest absolute Gasteiger partial charge is 0.120 e. The van der Waals surface area contributed by atoms with Crippen LogP contribution in [0, 0.1) is 0 Å². The summed E-state index contributed by atoms with van der Waals surface area (Å²) < 4.78 is 6.22. The van der Waals surface area contributed by atoms with E-state index in [1.807, 2.05) is 0 Å². The Hall–Kier alpha value is -1.02. The van der Waals surface area contributed by atoms with Crippen LogP contribution in [-0.2, 0) is 12.8 Å². The summed E-state index contributed by atoms with van der Waals surface area (Å²) in [5.74, 6) is 1.03. The van der Waals surface area contributed by atoms with Gasteiger partial charge in [0.05, 0.1) is 0 Å². The molecule has 2 heteroatoms. The van der Waals surface area contributed by atoms with E-state index in [1.165, 1.54) is 30.4 Å². The Morgan fingerprint density at radius 2 is 2.00 bits per heavy atom. The fourth-order valence-corrected chi connectivity index (χ4v) is 2.52. The SMILES string of the molecule is CCNCC(C)(CC)Oc1ccc2c(c1)CCC2. The van der Waals surface area contributed by atoms with Crippen molar-refractivity contribution in [1.29, 1.82) is 0 Å². The number of nitrogens with one attached hydrogen (secondary N) is 1. The quantitative estimate of drug-likeness (QED) is 0.832. The molecule has 1 aliphatic carbocycles. The molecule has 0 aromatic heterocycles. The Morgan fingerprint density at radius 3 is 2.72 bits per heavy atom. The molecule has 0 spiro atoms. The highest BCUT2D eigenvalue weighted by Gasteiger charge is 2.24. The Morgan fingerprint density at radius 1 is 1.22 bits per heavy atom. The molecular weight excluding hydrogens is 222 g/mol. The lowest BCUT2D eigenvalue weighted by molar-refractivity contribution is 0.0841. The zero-order valence-corrected chi connectivity index (χ0v) is 11.9. The fraction of sp³-hybridized carbons (Fsp3) is 0.625. The lowest BCUT2D eigenvalue weighted by Crippen LogP contribution is -2.42. The second-order valence-corrected chi connectivity index (χ2v) is 5.47. The molecule has 1 N–H and O–H groups in total. The van der Waals surface area contributed by atoms with E-state index in [0.29, 0.717) is 0 Å². The van der Waals surface area contributed by atoms with Gasteiger partial charge in [0, 0.05) is 6.54 Å². The van der Waals surface area contributed by atoms with Crippen molar-refractivity contribution in [3.05, 3.63) is 29.3 Å². The fourth-order valence-electron chi connectivity index (χ4n) is 2.52. The summed E-state index contributed by atoms with van der Waals surface area (Å²) in [5, 5.41) is 3.39. The van der Waals surface area contributed by atoms with Crippen molar-refractivity contribution in [2.75, 3.05) is 13.1 Å². The molecule has 18 heavy (non-hydrogen) atoms. The molecule has 2 rings (SSSR count). The minimum Gasteiger partial charge on any atom is -0.486 e. The lowest BCUT2D eigenvalue weighted by Gasteiger charge is -2.30.